The maximum absolute atomic E-state index is 10.8. The minimum atomic E-state index is -0.938. The molecule has 0 unspecified atom stereocenters. The van der Waals surface area contributed by atoms with E-state index in [1.807, 2.05) is 36.4 Å². The maximum atomic E-state index is 10.8. The van der Waals surface area contributed by atoms with E-state index < -0.39 is 5.97 Å². The molecule has 3 nitrogen and oxygen atoms in total. The normalized spacial score (nSPS) is 10.2. The highest BCUT2D eigenvalue weighted by atomic mass is 16.4. The number of benzene rings is 2. The molecule has 3 aromatic rings. The second-order valence-corrected chi connectivity index (χ2v) is 5.31. The average Bonchev–Trinajstić information content (AvgIpc) is 2.66. The number of carboxylic acids is 1. The standard InChI is InChI=1S/C22H15NO2/c24-22(25)20-11-9-17(10-12-20)5-1-2-6-18-7-3-4-8-21(18)19-13-15-23-16-14-19/h2-4,6-16H,(H,24,25)/b6-2+. The van der Waals surface area contributed by atoms with E-state index >= 15 is 0 Å². The smallest absolute Gasteiger partial charge is 0.335 e. The summed E-state index contributed by atoms with van der Waals surface area (Å²) in [5, 5.41) is 8.88. The Morgan fingerprint density at radius 2 is 1.68 bits per heavy atom. The van der Waals surface area contributed by atoms with Crippen molar-refractivity contribution in [3.05, 3.63) is 95.8 Å². The summed E-state index contributed by atoms with van der Waals surface area (Å²) in [6, 6.07) is 18.5. The number of aromatic carboxylic acids is 1. The number of aromatic nitrogens is 1. The van der Waals surface area contributed by atoms with Gasteiger partial charge in [0.25, 0.3) is 0 Å². The molecule has 0 aliphatic carbocycles. The first kappa shape index (κ1) is 16.2. The second-order valence-electron chi connectivity index (χ2n) is 5.31. The number of nitrogens with zero attached hydrogens (tertiary/aromatic N) is 1. The lowest BCUT2D eigenvalue weighted by molar-refractivity contribution is 0.0697. The topological polar surface area (TPSA) is 50.2 Å². The van der Waals surface area contributed by atoms with Gasteiger partial charge < -0.3 is 5.11 Å². The van der Waals surface area contributed by atoms with E-state index in [1.165, 1.54) is 0 Å². The molecule has 0 saturated heterocycles. The third kappa shape index (κ3) is 4.21. The molecule has 25 heavy (non-hydrogen) atoms. The summed E-state index contributed by atoms with van der Waals surface area (Å²) in [7, 11) is 0. The molecule has 120 valence electrons. The van der Waals surface area contributed by atoms with Crippen molar-refractivity contribution >= 4 is 12.0 Å². The van der Waals surface area contributed by atoms with Gasteiger partial charge in [0.05, 0.1) is 5.56 Å². The first-order valence-corrected chi connectivity index (χ1v) is 7.75. The molecule has 0 radical (unpaired) electrons. The molecule has 0 atom stereocenters. The van der Waals surface area contributed by atoms with E-state index in [9.17, 15) is 4.79 Å². The Labute approximate surface area is 146 Å². The fourth-order valence-corrected chi connectivity index (χ4v) is 2.39. The van der Waals surface area contributed by atoms with E-state index in [0.29, 0.717) is 0 Å². The Balaban J connectivity index is 1.79. The molecule has 1 heterocycles. The Morgan fingerprint density at radius 3 is 2.40 bits per heavy atom. The molecule has 0 aliphatic heterocycles. The van der Waals surface area contributed by atoms with Gasteiger partial charge >= 0.3 is 5.97 Å². The van der Waals surface area contributed by atoms with Crippen LogP contribution in [0.4, 0.5) is 0 Å². The molecule has 3 heteroatoms. The van der Waals surface area contributed by atoms with Gasteiger partial charge in [0, 0.05) is 18.0 Å². The molecule has 0 fully saturated rings. The summed E-state index contributed by atoms with van der Waals surface area (Å²) in [5.74, 6) is 5.05. The molecular formula is C22H15NO2. The van der Waals surface area contributed by atoms with Crippen molar-refractivity contribution in [1.29, 1.82) is 0 Å². The number of hydrogen-bond donors (Lipinski definition) is 1. The lowest BCUT2D eigenvalue weighted by Crippen LogP contribution is -1.94. The van der Waals surface area contributed by atoms with E-state index in [0.717, 1.165) is 22.3 Å². The van der Waals surface area contributed by atoms with Gasteiger partial charge in [-0.15, -0.1) is 0 Å². The SMILES string of the molecule is O=C(O)c1ccc(C#C/C=C/c2ccccc2-c2ccncc2)cc1. The summed E-state index contributed by atoms with van der Waals surface area (Å²) in [6.45, 7) is 0. The van der Waals surface area contributed by atoms with Gasteiger partial charge in [-0.1, -0.05) is 36.1 Å². The van der Waals surface area contributed by atoms with E-state index in [4.69, 9.17) is 5.11 Å². The molecular weight excluding hydrogens is 310 g/mol. The molecule has 0 spiro atoms. The van der Waals surface area contributed by atoms with Crippen LogP contribution in [0.15, 0.2) is 79.1 Å². The zero-order valence-corrected chi connectivity index (χ0v) is 13.4. The number of allylic oxidation sites excluding steroid dienone is 1. The third-order valence-corrected chi connectivity index (χ3v) is 3.65. The van der Waals surface area contributed by atoms with Crippen LogP contribution in [0.5, 0.6) is 0 Å². The summed E-state index contributed by atoms with van der Waals surface area (Å²) in [6.07, 6.45) is 7.31. The highest BCUT2D eigenvalue weighted by Crippen LogP contribution is 2.23. The molecule has 3 rings (SSSR count). The number of pyridine rings is 1. The molecule has 0 amide bonds. The summed E-state index contributed by atoms with van der Waals surface area (Å²) in [4.78, 5) is 14.9. The van der Waals surface area contributed by atoms with E-state index in [-0.39, 0.29) is 5.56 Å². The van der Waals surface area contributed by atoms with E-state index in [1.54, 1.807) is 42.7 Å². The number of rotatable bonds is 3. The minimum absolute atomic E-state index is 0.257. The summed E-state index contributed by atoms with van der Waals surface area (Å²) in [5.41, 5.74) is 4.33. The van der Waals surface area contributed by atoms with Gasteiger partial charge in [-0.25, -0.2) is 4.79 Å². The lowest BCUT2D eigenvalue weighted by atomic mass is 10.0. The fraction of sp³-hybridized carbons (Fsp3) is 0. The predicted octanol–water partition coefficient (Wildman–Crippen LogP) is 4.51. The van der Waals surface area contributed by atoms with Gasteiger partial charge in [0.1, 0.15) is 0 Å². The summed E-state index contributed by atoms with van der Waals surface area (Å²) < 4.78 is 0. The molecule has 0 aliphatic rings. The van der Waals surface area contributed by atoms with Crippen molar-refractivity contribution in [3.63, 3.8) is 0 Å². The zero-order chi connectivity index (χ0) is 17.5. The number of carbonyl (C=O) groups is 1. The van der Waals surface area contributed by atoms with Crippen LogP contribution in [0.1, 0.15) is 21.5 Å². The van der Waals surface area contributed by atoms with Crippen molar-refractivity contribution in [3.8, 4) is 23.0 Å². The van der Waals surface area contributed by atoms with Gasteiger partial charge in [0.15, 0.2) is 0 Å². The lowest BCUT2D eigenvalue weighted by Gasteiger charge is -2.05. The van der Waals surface area contributed by atoms with Crippen LogP contribution in [0.25, 0.3) is 17.2 Å². The third-order valence-electron chi connectivity index (χ3n) is 3.65. The predicted molar refractivity (Wildman–Crippen MR) is 99.0 cm³/mol. The van der Waals surface area contributed by atoms with Crippen LogP contribution in [0.3, 0.4) is 0 Å². The number of carboxylic acid groups (broad SMARTS) is 1. The van der Waals surface area contributed by atoms with Gasteiger partial charge in [-0.2, -0.15) is 0 Å². The summed E-state index contributed by atoms with van der Waals surface area (Å²) >= 11 is 0. The first-order valence-electron chi connectivity index (χ1n) is 7.75. The quantitative estimate of drug-likeness (QED) is 0.721. The Morgan fingerprint density at radius 1 is 0.960 bits per heavy atom. The number of hydrogen-bond acceptors (Lipinski definition) is 2. The second kappa shape index (κ2) is 7.76. The Kier molecular flexibility index (Phi) is 5.04. The van der Waals surface area contributed by atoms with Crippen LogP contribution < -0.4 is 0 Å². The van der Waals surface area contributed by atoms with Crippen molar-refractivity contribution < 1.29 is 9.90 Å². The minimum Gasteiger partial charge on any atom is -0.478 e. The highest BCUT2D eigenvalue weighted by molar-refractivity contribution is 5.87. The Hall–Kier alpha value is -3.64. The first-order chi connectivity index (χ1) is 12.2. The van der Waals surface area contributed by atoms with Crippen LogP contribution in [0, 0.1) is 11.8 Å². The van der Waals surface area contributed by atoms with Crippen LogP contribution in [0.2, 0.25) is 0 Å². The average molecular weight is 325 g/mol. The maximum Gasteiger partial charge on any atom is 0.335 e. The Bertz CT molecular complexity index is 962. The molecule has 1 aromatic heterocycles. The largest absolute Gasteiger partial charge is 0.478 e. The zero-order valence-electron chi connectivity index (χ0n) is 13.4. The van der Waals surface area contributed by atoms with Crippen LogP contribution in [-0.2, 0) is 0 Å². The monoisotopic (exact) mass is 325 g/mol. The molecule has 0 bridgehead atoms. The highest BCUT2D eigenvalue weighted by Gasteiger charge is 2.01. The van der Waals surface area contributed by atoms with Crippen molar-refractivity contribution in [2.75, 3.05) is 0 Å². The van der Waals surface area contributed by atoms with Crippen LogP contribution >= 0.6 is 0 Å². The van der Waals surface area contributed by atoms with E-state index in [2.05, 4.69) is 22.9 Å². The van der Waals surface area contributed by atoms with Gasteiger partial charge in [0.2, 0.25) is 0 Å². The van der Waals surface area contributed by atoms with Crippen molar-refractivity contribution in [2.24, 2.45) is 0 Å². The molecule has 1 N–H and O–H groups in total. The van der Waals surface area contributed by atoms with Crippen LogP contribution in [-0.4, -0.2) is 16.1 Å². The molecule has 0 saturated carbocycles. The molecule has 2 aromatic carbocycles. The van der Waals surface area contributed by atoms with Crippen molar-refractivity contribution in [1.82, 2.24) is 4.98 Å². The van der Waals surface area contributed by atoms with Crippen molar-refractivity contribution in [2.45, 2.75) is 0 Å². The van der Waals surface area contributed by atoms with Gasteiger partial charge in [-0.3, -0.25) is 4.98 Å². The fourth-order valence-electron chi connectivity index (χ4n) is 2.39. The van der Waals surface area contributed by atoms with Gasteiger partial charge in [-0.05, 0) is 65.2 Å².